The van der Waals surface area contributed by atoms with E-state index in [-0.39, 0.29) is 10.9 Å². The van der Waals surface area contributed by atoms with Gasteiger partial charge < -0.3 is 15.5 Å². The van der Waals surface area contributed by atoms with Gasteiger partial charge in [0.1, 0.15) is 17.5 Å². The number of hydrogen-bond acceptors (Lipinski definition) is 8. The largest absolute Gasteiger partial charge is 0.495 e. The van der Waals surface area contributed by atoms with Crippen molar-refractivity contribution in [3.8, 4) is 22.6 Å². The standard InChI is InChI=1S/C25H24Cl2N8O3/c1-4-20(25(37)30-15-6-7-19(31-29-2)18(28)10-15)34-12-22(38-3)17(11-24(34)36)16-9-14(26)5-8-21(16)35-13-23(27)32-33-35/h5-13,20,28-29H,4H2,1-3H3,(H,30,37)/b28-18?,31-19-. The molecule has 1 unspecified atom stereocenters. The highest BCUT2D eigenvalue weighted by atomic mass is 35.5. The number of benzene rings is 1. The second-order valence-corrected chi connectivity index (χ2v) is 8.95. The molecule has 1 aliphatic carbocycles. The lowest BCUT2D eigenvalue weighted by Gasteiger charge is -2.21. The van der Waals surface area contributed by atoms with Crippen LogP contribution in [0.4, 0.5) is 0 Å². The molecule has 2 heterocycles. The number of pyridine rings is 1. The predicted molar refractivity (Wildman–Crippen MR) is 147 cm³/mol. The number of nitrogens with one attached hydrogen (secondary N) is 3. The fraction of sp³-hybridized carbons (Fsp3) is 0.200. The summed E-state index contributed by atoms with van der Waals surface area (Å²) in [5, 5.41) is 23.3. The summed E-state index contributed by atoms with van der Waals surface area (Å²) in [6.07, 6.45) is 8.10. The zero-order chi connectivity index (χ0) is 27.4. The smallest absolute Gasteiger partial charge is 0.252 e. The Bertz CT molecular complexity index is 1550. The van der Waals surface area contributed by atoms with Crippen LogP contribution < -0.4 is 21.0 Å². The van der Waals surface area contributed by atoms with Crippen LogP contribution in [0.3, 0.4) is 0 Å². The molecule has 196 valence electrons. The van der Waals surface area contributed by atoms with E-state index < -0.39 is 17.5 Å². The Balaban J connectivity index is 1.70. The molecule has 38 heavy (non-hydrogen) atoms. The number of nitrogens with zero attached hydrogens (tertiary/aromatic N) is 5. The topological polar surface area (TPSA) is 139 Å². The van der Waals surface area contributed by atoms with E-state index >= 15 is 0 Å². The molecule has 0 bridgehead atoms. The van der Waals surface area contributed by atoms with Gasteiger partial charge in [0.15, 0.2) is 5.15 Å². The van der Waals surface area contributed by atoms with E-state index in [1.54, 1.807) is 44.3 Å². The molecule has 0 fully saturated rings. The molecule has 2 aromatic heterocycles. The van der Waals surface area contributed by atoms with Crippen molar-refractivity contribution in [3.05, 3.63) is 81.1 Å². The quantitative estimate of drug-likeness (QED) is 0.287. The second-order valence-electron chi connectivity index (χ2n) is 8.13. The fourth-order valence-electron chi connectivity index (χ4n) is 4.00. The number of methoxy groups -OCH3 is 1. The maximum absolute atomic E-state index is 13.3. The van der Waals surface area contributed by atoms with Gasteiger partial charge in [-0.2, -0.15) is 5.10 Å². The van der Waals surface area contributed by atoms with Crippen molar-refractivity contribution in [1.82, 2.24) is 30.3 Å². The number of aromatic nitrogens is 4. The maximum Gasteiger partial charge on any atom is 0.252 e. The highest BCUT2D eigenvalue weighted by molar-refractivity contribution is 6.50. The lowest BCUT2D eigenvalue weighted by molar-refractivity contribution is -0.123. The van der Waals surface area contributed by atoms with Crippen LogP contribution in [0.25, 0.3) is 16.8 Å². The first-order valence-electron chi connectivity index (χ1n) is 11.5. The van der Waals surface area contributed by atoms with Crippen LogP contribution in [0, 0.1) is 5.41 Å². The third-order valence-electron chi connectivity index (χ3n) is 5.75. The van der Waals surface area contributed by atoms with Gasteiger partial charge >= 0.3 is 0 Å². The zero-order valence-electron chi connectivity index (χ0n) is 20.7. The van der Waals surface area contributed by atoms with Gasteiger partial charge in [-0.25, -0.2) is 4.68 Å². The van der Waals surface area contributed by atoms with Gasteiger partial charge in [0.25, 0.3) is 5.56 Å². The normalized spacial score (nSPS) is 14.8. The van der Waals surface area contributed by atoms with Crippen molar-refractivity contribution < 1.29 is 9.53 Å². The van der Waals surface area contributed by atoms with E-state index in [0.717, 1.165) is 0 Å². The van der Waals surface area contributed by atoms with Crippen molar-refractivity contribution in [2.45, 2.75) is 19.4 Å². The lowest BCUT2D eigenvalue weighted by Crippen LogP contribution is -2.37. The van der Waals surface area contributed by atoms with E-state index in [4.69, 9.17) is 33.3 Å². The molecule has 0 saturated heterocycles. The minimum absolute atomic E-state index is 0.138. The number of rotatable bonds is 8. The van der Waals surface area contributed by atoms with Gasteiger partial charge in [-0.1, -0.05) is 35.3 Å². The van der Waals surface area contributed by atoms with E-state index in [2.05, 4.69) is 26.2 Å². The van der Waals surface area contributed by atoms with Crippen LogP contribution in [0.5, 0.6) is 5.75 Å². The maximum atomic E-state index is 13.3. The average Bonchev–Trinajstić information content (AvgIpc) is 3.32. The summed E-state index contributed by atoms with van der Waals surface area (Å²) in [6, 6.07) is 5.64. The average molecular weight is 555 g/mol. The molecule has 0 spiro atoms. The molecule has 13 heteroatoms. The SMILES string of the molecule is CCC(C(=O)NC1=CC(=N)/C(=N\NC)C=C1)n1cc(OC)c(-c2cc(Cl)ccc2-n2cc(Cl)nn2)cc1=O. The number of amides is 1. The molecule has 1 amide bonds. The highest BCUT2D eigenvalue weighted by Crippen LogP contribution is 2.35. The lowest BCUT2D eigenvalue weighted by atomic mass is 10.0. The number of allylic oxidation sites excluding steroid dienone is 3. The summed E-state index contributed by atoms with van der Waals surface area (Å²) in [5.74, 6) is -0.0696. The minimum Gasteiger partial charge on any atom is -0.495 e. The molecule has 11 nitrogen and oxygen atoms in total. The fourth-order valence-corrected chi connectivity index (χ4v) is 4.29. The molecular formula is C25H24Cl2N8O3. The Morgan fingerprint density at radius 1 is 1.21 bits per heavy atom. The molecule has 0 aliphatic heterocycles. The number of hydrogen-bond donors (Lipinski definition) is 3. The number of halogens is 2. The van der Waals surface area contributed by atoms with Crippen molar-refractivity contribution in [3.63, 3.8) is 0 Å². The second kappa shape index (κ2) is 11.4. The van der Waals surface area contributed by atoms with Crippen LogP contribution in [0.2, 0.25) is 10.2 Å². The Labute approximate surface area is 227 Å². The molecule has 1 atom stereocenters. The van der Waals surface area contributed by atoms with Gasteiger partial charge in [0, 0.05) is 35.0 Å². The predicted octanol–water partition coefficient (Wildman–Crippen LogP) is 3.53. The van der Waals surface area contributed by atoms with Crippen molar-refractivity contribution >= 4 is 40.5 Å². The molecule has 1 aromatic carbocycles. The minimum atomic E-state index is -0.839. The molecule has 4 rings (SSSR count). The number of carbonyl (C=O) groups excluding carboxylic acids is 1. The Morgan fingerprint density at radius 2 is 2.00 bits per heavy atom. The number of carbonyl (C=O) groups is 1. The van der Waals surface area contributed by atoms with Crippen molar-refractivity contribution in [2.75, 3.05) is 14.2 Å². The summed E-state index contributed by atoms with van der Waals surface area (Å²) in [6.45, 7) is 1.80. The third-order valence-corrected chi connectivity index (χ3v) is 6.15. The molecule has 0 saturated carbocycles. The molecule has 1 aliphatic rings. The van der Waals surface area contributed by atoms with Crippen LogP contribution >= 0.6 is 23.2 Å². The van der Waals surface area contributed by atoms with Crippen LogP contribution in [0.15, 0.2) is 70.5 Å². The van der Waals surface area contributed by atoms with E-state index in [1.807, 2.05) is 0 Å². The molecule has 3 N–H and O–H groups in total. The zero-order valence-corrected chi connectivity index (χ0v) is 22.2. The Morgan fingerprint density at radius 3 is 2.63 bits per heavy atom. The highest BCUT2D eigenvalue weighted by Gasteiger charge is 2.24. The van der Waals surface area contributed by atoms with Crippen LogP contribution in [-0.2, 0) is 4.79 Å². The summed E-state index contributed by atoms with van der Waals surface area (Å²) >= 11 is 12.2. The van der Waals surface area contributed by atoms with Gasteiger partial charge in [-0.05, 0) is 42.8 Å². The number of hydrazone groups is 1. The first-order valence-corrected chi connectivity index (χ1v) is 12.2. The molecule has 0 radical (unpaired) electrons. The van der Waals surface area contributed by atoms with Crippen molar-refractivity contribution in [1.29, 1.82) is 5.41 Å². The van der Waals surface area contributed by atoms with Gasteiger partial charge in [0.05, 0.1) is 30.9 Å². The van der Waals surface area contributed by atoms with Gasteiger partial charge in [0.2, 0.25) is 5.91 Å². The first kappa shape index (κ1) is 26.8. The molecule has 3 aromatic rings. The molecular weight excluding hydrogens is 531 g/mol. The van der Waals surface area contributed by atoms with Gasteiger partial charge in [-0.15, -0.1) is 5.10 Å². The van der Waals surface area contributed by atoms with Crippen molar-refractivity contribution in [2.24, 2.45) is 5.10 Å². The van der Waals surface area contributed by atoms with Gasteiger partial charge in [-0.3, -0.25) is 19.6 Å². The van der Waals surface area contributed by atoms with E-state index in [0.29, 0.717) is 45.4 Å². The van der Waals surface area contributed by atoms with E-state index in [9.17, 15) is 9.59 Å². The third kappa shape index (κ3) is 5.53. The number of ether oxygens (including phenoxy) is 1. The summed E-state index contributed by atoms with van der Waals surface area (Å²) in [4.78, 5) is 26.5. The Hall–Kier alpha value is -4.22. The summed E-state index contributed by atoms with van der Waals surface area (Å²) in [5.41, 5.74) is 4.79. The summed E-state index contributed by atoms with van der Waals surface area (Å²) < 4.78 is 8.42. The van der Waals surface area contributed by atoms with E-state index in [1.165, 1.54) is 40.9 Å². The van der Waals surface area contributed by atoms with Crippen LogP contribution in [0.1, 0.15) is 19.4 Å². The summed E-state index contributed by atoms with van der Waals surface area (Å²) in [7, 11) is 3.11. The first-order chi connectivity index (χ1) is 18.2. The monoisotopic (exact) mass is 554 g/mol. The van der Waals surface area contributed by atoms with Crippen LogP contribution in [-0.4, -0.2) is 51.0 Å². The Kier molecular flexibility index (Phi) is 8.08.